The zero-order valence-corrected chi connectivity index (χ0v) is 17.9. The zero-order valence-electron chi connectivity index (χ0n) is 17.9. The van der Waals surface area contributed by atoms with E-state index in [9.17, 15) is 9.18 Å². The molecule has 2 aromatic rings. The molecule has 162 valence electrons. The first-order valence-electron chi connectivity index (χ1n) is 10.3. The number of rotatable bonds is 8. The molecule has 7 heteroatoms. The third kappa shape index (κ3) is 5.48. The van der Waals surface area contributed by atoms with Gasteiger partial charge in [-0.05, 0) is 56.0 Å². The highest BCUT2D eigenvalue weighted by Gasteiger charge is 2.24. The van der Waals surface area contributed by atoms with E-state index in [1.165, 1.54) is 20.3 Å². The van der Waals surface area contributed by atoms with Crippen LogP contribution in [0.15, 0.2) is 36.4 Å². The van der Waals surface area contributed by atoms with Crippen molar-refractivity contribution in [2.24, 2.45) is 5.92 Å². The lowest BCUT2D eigenvalue weighted by Gasteiger charge is -2.34. The summed E-state index contributed by atoms with van der Waals surface area (Å²) in [4.78, 5) is 21.2. The third-order valence-electron chi connectivity index (χ3n) is 5.71. The minimum absolute atomic E-state index is 0.107. The van der Waals surface area contributed by atoms with E-state index >= 15 is 0 Å². The van der Waals surface area contributed by atoms with Gasteiger partial charge in [-0.25, -0.2) is 4.39 Å². The van der Waals surface area contributed by atoms with Crippen LogP contribution in [-0.4, -0.2) is 68.1 Å². The maximum absolute atomic E-state index is 13.8. The SMILES string of the molecule is COc1ccc(C(=O)N(C)CC2CCN(CCc3ccccc3F)CC2)c(OC)n1. The van der Waals surface area contributed by atoms with Crippen LogP contribution in [0.25, 0.3) is 0 Å². The maximum atomic E-state index is 13.8. The normalized spacial score (nSPS) is 15.1. The van der Waals surface area contributed by atoms with Crippen LogP contribution >= 0.6 is 0 Å². The highest BCUT2D eigenvalue weighted by atomic mass is 19.1. The molecule has 1 amide bonds. The van der Waals surface area contributed by atoms with E-state index < -0.39 is 0 Å². The summed E-state index contributed by atoms with van der Waals surface area (Å²) in [6.07, 6.45) is 2.76. The number of methoxy groups -OCH3 is 2. The molecule has 6 nitrogen and oxygen atoms in total. The molecule has 1 fully saturated rings. The molecule has 30 heavy (non-hydrogen) atoms. The maximum Gasteiger partial charge on any atom is 0.259 e. The smallest absolute Gasteiger partial charge is 0.259 e. The number of hydrogen-bond acceptors (Lipinski definition) is 5. The number of nitrogens with zero attached hydrogens (tertiary/aromatic N) is 3. The fraction of sp³-hybridized carbons (Fsp3) is 0.478. The van der Waals surface area contributed by atoms with Crippen LogP contribution in [0, 0.1) is 11.7 Å². The molecule has 1 aromatic carbocycles. The summed E-state index contributed by atoms with van der Waals surface area (Å²) in [5.74, 6) is 0.892. The molecule has 0 spiro atoms. The van der Waals surface area contributed by atoms with Crippen molar-refractivity contribution in [2.45, 2.75) is 19.3 Å². The van der Waals surface area contributed by atoms with Gasteiger partial charge in [0, 0.05) is 26.2 Å². The lowest BCUT2D eigenvalue weighted by Crippen LogP contribution is -2.40. The standard InChI is InChI=1S/C23H30FN3O3/c1-26(23(28)19-8-9-21(29-2)25-22(19)30-3)16-17-10-13-27(14-11-17)15-12-18-6-4-5-7-20(18)24/h4-9,17H,10-16H2,1-3H3. The highest BCUT2D eigenvalue weighted by Crippen LogP contribution is 2.23. The molecular formula is C23H30FN3O3. The van der Waals surface area contributed by atoms with Gasteiger partial charge >= 0.3 is 0 Å². The molecule has 0 atom stereocenters. The zero-order chi connectivity index (χ0) is 21.5. The molecule has 3 rings (SSSR count). The number of carbonyl (C=O) groups excluding carboxylic acids is 1. The van der Waals surface area contributed by atoms with Crippen LogP contribution < -0.4 is 9.47 Å². The van der Waals surface area contributed by atoms with E-state index in [0.29, 0.717) is 23.9 Å². The topological polar surface area (TPSA) is 54.9 Å². The number of pyridine rings is 1. The van der Waals surface area contributed by atoms with Crippen LogP contribution in [0.4, 0.5) is 4.39 Å². The predicted molar refractivity (Wildman–Crippen MR) is 114 cm³/mol. The number of ether oxygens (including phenoxy) is 2. The van der Waals surface area contributed by atoms with Gasteiger partial charge in [-0.1, -0.05) is 18.2 Å². The minimum atomic E-state index is -0.129. The molecule has 0 saturated carbocycles. The monoisotopic (exact) mass is 415 g/mol. The first kappa shape index (κ1) is 22.0. The summed E-state index contributed by atoms with van der Waals surface area (Å²) in [7, 11) is 4.84. The van der Waals surface area contributed by atoms with Gasteiger partial charge in [0.2, 0.25) is 11.8 Å². The number of aromatic nitrogens is 1. The van der Waals surface area contributed by atoms with Crippen molar-refractivity contribution >= 4 is 5.91 Å². The number of piperidine rings is 1. The summed E-state index contributed by atoms with van der Waals surface area (Å²) in [5, 5.41) is 0. The lowest BCUT2D eigenvalue weighted by atomic mass is 9.95. The van der Waals surface area contributed by atoms with Gasteiger partial charge in [-0.15, -0.1) is 0 Å². The third-order valence-corrected chi connectivity index (χ3v) is 5.71. The van der Waals surface area contributed by atoms with E-state index in [1.54, 1.807) is 23.1 Å². The van der Waals surface area contributed by atoms with Gasteiger partial charge in [0.05, 0.1) is 14.2 Å². The van der Waals surface area contributed by atoms with Crippen LogP contribution in [0.1, 0.15) is 28.8 Å². The second-order valence-electron chi connectivity index (χ2n) is 7.72. The number of carbonyl (C=O) groups is 1. The minimum Gasteiger partial charge on any atom is -0.481 e. The Morgan fingerprint density at radius 3 is 2.57 bits per heavy atom. The molecule has 1 saturated heterocycles. The fourth-order valence-corrected chi connectivity index (χ4v) is 3.90. The number of hydrogen-bond donors (Lipinski definition) is 0. The quantitative estimate of drug-likeness (QED) is 0.662. The Bertz CT molecular complexity index is 853. The first-order valence-corrected chi connectivity index (χ1v) is 10.3. The largest absolute Gasteiger partial charge is 0.481 e. The number of benzene rings is 1. The summed E-state index contributed by atoms with van der Waals surface area (Å²) in [6, 6.07) is 10.3. The van der Waals surface area contributed by atoms with E-state index in [2.05, 4.69) is 9.88 Å². The molecule has 0 N–H and O–H groups in total. The molecule has 2 heterocycles. The van der Waals surface area contributed by atoms with E-state index in [0.717, 1.165) is 44.5 Å². The molecule has 0 aliphatic carbocycles. The second kappa shape index (κ2) is 10.4. The van der Waals surface area contributed by atoms with Gasteiger partial charge in [0.1, 0.15) is 11.4 Å². The van der Waals surface area contributed by atoms with Crippen molar-refractivity contribution in [3.63, 3.8) is 0 Å². The van der Waals surface area contributed by atoms with Crippen molar-refractivity contribution in [2.75, 3.05) is 47.4 Å². The van der Waals surface area contributed by atoms with Crippen molar-refractivity contribution < 1.29 is 18.7 Å². The average molecular weight is 416 g/mol. The van der Waals surface area contributed by atoms with Crippen molar-refractivity contribution in [3.05, 3.63) is 53.3 Å². The van der Waals surface area contributed by atoms with E-state index in [-0.39, 0.29) is 17.6 Å². The Hall–Kier alpha value is -2.67. The number of amides is 1. The van der Waals surface area contributed by atoms with Crippen molar-refractivity contribution in [3.8, 4) is 11.8 Å². The fourth-order valence-electron chi connectivity index (χ4n) is 3.90. The van der Waals surface area contributed by atoms with Gasteiger partial charge in [0.15, 0.2) is 0 Å². The molecule has 1 aliphatic rings. The Morgan fingerprint density at radius 2 is 1.90 bits per heavy atom. The first-order chi connectivity index (χ1) is 14.5. The van der Waals surface area contributed by atoms with Gasteiger partial charge < -0.3 is 19.3 Å². The number of likely N-dealkylation sites (tertiary alicyclic amines) is 1. The van der Waals surface area contributed by atoms with Gasteiger partial charge in [-0.3, -0.25) is 4.79 Å². The van der Waals surface area contributed by atoms with Crippen LogP contribution in [-0.2, 0) is 6.42 Å². The summed E-state index contributed by atoms with van der Waals surface area (Å²) in [6.45, 7) is 3.48. The Labute approximate surface area is 177 Å². The molecule has 0 unspecified atom stereocenters. The van der Waals surface area contributed by atoms with Gasteiger partial charge in [-0.2, -0.15) is 4.98 Å². The van der Waals surface area contributed by atoms with Crippen LogP contribution in [0.3, 0.4) is 0 Å². The molecule has 0 bridgehead atoms. The second-order valence-corrected chi connectivity index (χ2v) is 7.72. The van der Waals surface area contributed by atoms with Crippen LogP contribution in [0.2, 0.25) is 0 Å². The number of halogens is 1. The van der Waals surface area contributed by atoms with Crippen molar-refractivity contribution in [1.82, 2.24) is 14.8 Å². The Balaban J connectivity index is 1.48. The molecule has 1 aliphatic heterocycles. The summed E-state index contributed by atoms with van der Waals surface area (Å²) in [5.41, 5.74) is 1.20. The van der Waals surface area contributed by atoms with E-state index in [1.807, 2.05) is 19.2 Å². The lowest BCUT2D eigenvalue weighted by molar-refractivity contribution is 0.0736. The predicted octanol–water partition coefficient (Wildman–Crippen LogP) is 3.26. The summed E-state index contributed by atoms with van der Waals surface area (Å²) < 4.78 is 24.1. The molecule has 0 radical (unpaired) electrons. The van der Waals surface area contributed by atoms with Crippen LogP contribution in [0.5, 0.6) is 11.8 Å². The Morgan fingerprint density at radius 1 is 1.17 bits per heavy atom. The Kier molecular flexibility index (Phi) is 7.63. The molecular weight excluding hydrogens is 385 g/mol. The van der Waals surface area contributed by atoms with Gasteiger partial charge in [0.25, 0.3) is 5.91 Å². The van der Waals surface area contributed by atoms with E-state index in [4.69, 9.17) is 9.47 Å². The average Bonchev–Trinajstić information content (AvgIpc) is 2.78. The summed E-state index contributed by atoms with van der Waals surface area (Å²) >= 11 is 0. The highest BCUT2D eigenvalue weighted by molar-refractivity contribution is 5.96. The van der Waals surface area contributed by atoms with Crippen molar-refractivity contribution in [1.29, 1.82) is 0 Å². The molecule has 1 aromatic heterocycles.